The van der Waals surface area contributed by atoms with Gasteiger partial charge in [0.15, 0.2) is 11.6 Å². The summed E-state index contributed by atoms with van der Waals surface area (Å²) in [6, 6.07) is 25.7. The van der Waals surface area contributed by atoms with Crippen LogP contribution in [0.15, 0.2) is 94.9 Å². The number of fused-ring (bicyclic) bond motifs is 6. The molecule has 4 amide bonds. The number of hydrogen-bond acceptors (Lipinski definition) is 12. The summed E-state index contributed by atoms with van der Waals surface area (Å²) in [7, 11) is 3.24. The van der Waals surface area contributed by atoms with Crippen LogP contribution >= 0.6 is 23.2 Å². The largest absolute Gasteiger partial charge is 0.497 e. The molecule has 8 rings (SSSR count). The average molecular weight is 964 g/mol. The highest BCUT2D eigenvalue weighted by Crippen LogP contribution is 2.35. The molecule has 0 aliphatic carbocycles. The SMILES string of the molecule is CC.COc1ccc2c(c1)C(c1ccc(Cl)cc1)=NC(CC(=O)NCC(=O)NCC(=O)NCCNC(C)=O)c1nnc(C)n1-2.COc1ccc2c(c1)C(c1ccc(Cl)cc1)=NCc1nnc(C)n1-2. The lowest BCUT2D eigenvalue weighted by Gasteiger charge is -2.14. The predicted molar refractivity (Wildman–Crippen MR) is 260 cm³/mol. The lowest BCUT2D eigenvalue weighted by atomic mass is 10.00. The number of carbonyl (C=O) groups is 4. The Morgan fingerprint density at radius 3 is 1.72 bits per heavy atom. The first kappa shape index (κ1) is 50.0. The fraction of sp³-hybridized carbons (Fsp3) is 0.292. The summed E-state index contributed by atoms with van der Waals surface area (Å²) in [5.74, 6) is 2.55. The van der Waals surface area contributed by atoms with Gasteiger partial charge >= 0.3 is 0 Å². The zero-order valence-corrected chi connectivity index (χ0v) is 40.2. The number of rotatable bonds is 13. The van der Waals surface area contributed by atoms with E-state index in [0.717, 1.165) is 56.7 Å². The zero-order valence-electron chi connectivity index (χ0n) is 38.7. The van der Waals surface area contributed by atoms with Gasteiger partial charge in [-0.2, -0.15) is 0 Å². The molecule has 1 unspecified atom stereocenters. The summed E-state index contributed by atoms with van der Waals surface area (Å²) in [6.07, 6.45) is -0.114. The number of aryl methyl sites for hydroxylation is 2. The van der Waals surface area contributed by atoms with Gasteiger partial charge in [0.1, 0.15) is 35.7 Å². The van der Waals surface area contributed by atoms with Gasteiger partial charge in [-0.15, -0.1) is 20.4 Å². The minimum absolute atomic E-state index is 0.114. The highest BCUT2D eigenvalue weighted by atomic mass is 35.5. The Morgan fingerprint density at radius 2 is 1.13 bits per heavy atom. The zero-order chi connectivity index (χ0) is 48.9. The highest BCUT2D eigenvalue weighted by molar-refractivity contribution is 6.31. The van der Waals surface area contributed by atoms with E-state index in [1.807, 2.05) is 110 Å². The molecule has 68 heavy (non-hydrogen) atoms. The lowest BCUT2D eigenvalue weighted by molar-refractivity contribution is -0.127. The van der Waals surface area contributed by atoms with Crippen LogP contribution in [-0.2, 0) is 25.7 Å². The van der Waals surface area contributed by atoms with E-state index >= 15 is 0 Å². The molecule has 4 N–H and O–H groups in total. The molecule has 2 aliphatic heterocycles. The number of hydrogen-bond donors (Lipinski definition) is 4. The summed E-state index contributed by atoms with van der Waals surface area (Å²) < 4.78 is 14.8. The summed E-state index contributed by atoms with van der Waals surface area (Å²) in [4.78, 5) is 57.8. The number of benzene rings is 4. The number of nitrogens with one attached hydrogen (secondary N) is 4. The second kappa shape index (κ2) is 23.3. The van der Waals surface area contributed by atoms with Gasteiger partial charge in [-0.1, -0.05) is 61.3 Å². The minimum atomic E-state index is -0.729. The van der Waals surface area contributed by atoms with Crippen molar-refractivity contribution >= 4 is 58.3 Å². The second-order valence-electron chi connectivity index (χ2n) is 15.0. The molecule has 1 atom stereocenters. The average Bonchev–Trinajstić information content (AvgIpc) is 3.82. The van der Waals surface area contributed by atoms with Crippen molar-refractivity contribution in [3.63, 3.8) is 0 Å². The smallest absolute Gasteiger partial charge is 0.239 e. The molecule has 0 saturated heterocycles. The number of aromatic nitrogens is 6. The van der Waals surface area contributed by atoms with Gasteiger partial charge in [-0.3, -0.25) is 38.3 Å². The first-order valence-corrected chi connectivity index (χ1v) is 22.5. The number of carbonyl (C=O) groups excluding carboxylic acids is 4. The van der Waals surface area contributed by atoms with Crippen molar-refractivity contribution < 1.29 is 28.7 Å². The van der Waals surface area contributed by atoms with Gasteiger partial charge in [-0.25, -0.2) is 0 Å². The fourth-order valence-corrected chi connectivity index (χ4v) is 7.54. The van der Waals surface area contributed by atoms with Crippen molar-refractivity contribution in [2.75, 3.05) is 40.4 Å². The van der Waals surface area contributed by atoms with Crippen LogP contribution in [0.4, 0.5) is 0 Å². The maximum absolute atomic E-state index is 13.0. The molecule has 6 aromatic rings. The van der Waals surface area contributed by atoms with E-state index < -0.39 is 23.8 Å². The normalized spacial score (nSPS) is 13.0. The van der Waals surface area contributed by atoms with E-state index in [1.54, 1.807) is 26.4 Å². The lowest BCUT2D eigenvalue weighted by Crippen LogP contribution is -2.43. The quantitative estimate of drug-likeness (QED) is 0.105. The number of methoxy groups -OCH3 is 2. The van der Waals surface area contributed by atoms with E-state index in [1.165, 1.54) is 6.92 Å². The molecule has 20 heteroatoms. The van der Waals surface area contributed by atoms with Crippen LogP contribution in [0.2, 0.25) is 10.0 Å². The first-order valence-electron chi connectivity index (χ1n) is 21.7. The Balaban J connectivity index is 0.000000246. The number of ether oxygens (including phenoxy) is 2. The van der Waals surface area contributed by atoms with Crippen molar-refractivity contribution in [3.05, 3.63) is 141 Å². The second-order valence-corrected chi connectivity index (χ2v) is 15.8. The number of amides is 4. The van der Waals surface area contributed by atoms with E-state index in [9.17, 15) is 19.2 Å². The summed E-state index contributed by atoms with van der Waals surface area (Å²) in [5.41, 5.74) is 6.82. The Kier molecular flexibility index (Phi) is 17.2. The van der Waals surface area contributed by atoms with Gasteiger partial charge in [-0.05, 0) is 74.5 Å². The van der Waals surface area contributed by atoms with Crippen LogP contribution in [0.25, 0.3) is 11.4 Å². The third-order valence-electron chi connectivity index (χ3n) is 10.4. The molecule has 0 spiro atoms. The molecule has 0 saturated carbocycles. The van der Waals surface area contributed by atoms with E-state index in [0.29, 0.717) is 39.7 Å². The topological polar surface area (TPSA) is 221 Å². The van der Waals surface area contributed by atoms with E-state index in [2.05, 4.69) is 41.7 Å². The summed E-state index contributed by atoms with van der Waals surface area (Å²) in [5, 5.41) is 28.4. The van der Waals surface area contributed by atoms with Gasteiger partial charge in [0.2, 0.25) is 23.6 Å². The number of aliphatic imine (C=N–C) groups is 2. The third kappa shape index (κ3) is 12.1. The molecule has 0 bridgehead atoms. The molecule has 4 aromatic carbocycles. The third-order valence-corrected chi connectivity index (χ3v) is 10.9. The van der Waals surface area contributed by atoms with Gasteiger partial charge < -0.3 is 30.7 Å². The van der Waals surface area contributed by atoms with Gasteiger partial charge in [0, 0.05) is 52.3 Å². The summed E-state index contributed by atoms with van der Waals surface area (Å²) in [6.45, 7) is 9.51. The first-order chi connectivity index (χ1) is 32.8. The Bertz CT molecular complexity index is 2840. The summed E-state index contributed by atoms with van der Waals surface area (Å²) >= 11 is 12.2. The van der Waals surface area contributed by atoms with Crippen LogP contribution in [0.3, 0.4) is 0 Å². The Hall–Kier alpha value is -7.44. The van der Waals surface area contributed by atoms with E-state index in [-0.39, 0.29) is 38.5 Å². The monoisotopic (exact) mass is 962 g/mol. The van der Waals surface area contributed by atoms with Crippen molar-refractivity contribution in [2.45, 2.75) is 53.6 Å². The van der Waals surface area contributed by atoms with E-state index in [4.69, 9.17) is 42.7 Å². The van der Waals surface area contributed by atoms with Crippen LogP contribution in [0.5, 0.6) is 11.5 Å². The maximum Gasteiger partial charge on any atom is 0.239 e. The molecule has 354 valence electrons. The number of nitrogens with zero attached hydrogens (tertiary/aromatic N) is 8. The molecule has 0 radical (unpaired) electrons. The highest BCUT2D eigenvalue weighted by Gasteiger charge is 2.30. The van der Waals surface area contributed by atoms with Crippen molar-refractivity contribution in [1.29, 1.82) is 0 Å². The Morgan fingerprint density at radius 1 is 0.632 bits per heavy atom. The van der Waals surface area contributed by atoms with Crippen LogP contribution in [0.1, 0.15) is 78.8 Å². The molecule has 2 aliphatic rings. The molecular formula is C48H52Cl2N12O6. The maximum atomic E-state index is 13.0. The molecular weight excluding hydrogens is 912 g/mol. The van der Waals surface area contributed by atoms with Crippen molar-refractivity contribution in [3.8, 4) is 22.9 Å². The Labute approximate surface area is 403 Å². The van der Waals surface area contributed by atoms with Crippen molar-refractivity contribution in [2.24, 2.45) is 9.98 Å². The molecule has 2 aromatic heterocycles. The number of halogens is 2. The standard InChI is InChI=1S/C28H31ClN8O5.C18H15ClN4O.C2H6/c1-16-35-36-28-22(13-24(39)32-15-26(41)33-14-25(40)31-11-10-30-17(2)38)34-27(18-4-6-19(29)7-5-18)21-12-20(42-3)8-9-23(21)37(16)28;1-11-21-22-17-10-20-18(12-3-5-13(19)6-4-12)15-9-14(24-2)7-8-16(15)23(11)17;1-2/h4-9,12,22H,10-11,13-15H2,1-3H3,(H,30,38)(H,31,40)(H,32,39)(H,33,41);3-9H,10H2,1-2H3;1-2H3. The predicted octanol–water partition coefficient (Wildman–Crippen LogP) is 5.62. The van der Waals surface area contributed by atoms with Crippen molar-refractivity contribution in [1.82, 2.24) is 50.8 Å². The molecule has 18 nitrogen and oxygen atoms in total. The van der Waals surface area contributed by atoms with Gasteiger partial charge in [0.25, 0.3) is 0 Å². The molecule has 4 heterocycles. The minimum Gasteiger partial charge on any atom is -0.497 e. The van der Waals surface area contributed by atoms with Crippen LogP contribution < -0.4 is 30.7 Å². The van der Waals surface area contributed by atoms with Crippen LogP contribution in [-0.4, -0.2) is 105 Å². The van der Waals surface area contributed by atoms with Gasteiger partial charge in [0.05, 0.1) is 56.5 Å². The fourth-order valence-electron chi connectivity index (χ4n) is 7.29. The molecule has 0 fully saturated rings. The van der Waals surface area contributed by atoms with Crippen LogP contribution in [0, 0.1) is 13.8 Å².